The number of ether oxygens (including phenoxy) is 2. The Morgan fingerprint density at radius 3 is 3.00 bits per heavy atom. The lowest BCUT2D eigenvalue weighted by atomic mass is 9.98. The van der Waals surface area contributed by atoms with Crippen molar-refractivity contribution in [2.45, 2.75) is 24.4 Å². The number of fused-ring (bicyclic) bond motifs is 1. The lowest BCUT2D eigenvalue weighted by Gasteiger charge is -2.30. The van der Waals surface area contributed by atoms with Gasteiger partial charge in [0.05, 0.1) is 18.4 Å². The van der Waals surface area contributed by atoms with Crippen LogP contribution in [0.1, 0.15) is 18.4 Å². The van der Waals surface area contributed by atoms with E-state index in [-0.39, 0.29) is 30.2 Å². The molecule has 9 nitrogen and oxygen atoms in total. The molecule has 0 aliphatic carbocycles. The van der Waals surface area contributed by atoms with Gasteiger partial charge in [-0.3, -0.25) is 4.79 Å². The fourth-order valence-corrected chi connectivity index (χ4v) is 4.70. The summed E-state index contributed by atoms with van der Waals surface area (Å²) in [5.74, 6) is 0.816. The topological polar surface area (TPSA) is 114 Å². The van der Waals surface area contributed by atoms with Gasteiger partial charge in [-0.15, -0.1) is 0 Å². The SMILES string of the molecule is O=C(NCc1ccc2c(c1)OCO2)C1CCCN(S(=O)(=O)c2cnc[nH]2)C1. The Balaban J connectivity index is 1.37. The number of benzene rings is 1. The highest BCUT2D eigenvalue weighted by atomic mass is 32.2. The molecular formula is C17H20N4O5S. The number of nitrogens with zero attached hydrogens (tertiary/aromatic N) is 2. The van der Waals surface area contributed by atoms with Crippen molar-refractivity contribution in [3.05, 3.63) is 36.3 Å². The van der Waals surface area contributed by atoms with Crippen LogP contribution in [-0.4, -0.2) is 48.5 Å². The molecule has 1 saturated heterocycles. The van der Waals surface area contributed by atoms with Crippen molar-refractivity contribution in [3.63, 3.8) is 0 Å². The summed E-state index contributed by atoms with van der Waals surface area (Å²) in [4.78, 5) is 18.9. The minimum absolute atomic E-state index is 0.0453. The number of carbonyl (C=O) groups is 1. The molecular weight excluding hydrogens is 372 g/mol. The molecule has 1 aromatic heterocycles. The highest BCUT2D eigenvalue weighted by molar-refractivity contribution is 7.89. The highest BCUT2D eigenvalue weighted by Crippen LogP contribution is 2.32. The van der Waals surface area contributed by atoms with Gasteiger partial charge >= 0.3 is 0 Å². The van der Waals surface area contributed by atoms with E-state index in [4.69, 9.17) is 9.47 Å². The van der Waals surface area contributed by atoms with E-state index in [9.17, 15) is 13.2 Å². The van der Waals surface area contributed by atoms with Crippen molar-refractivity contribution in [3.8, 4) is 11.5 Å². The Morgan fingerprint density at radius 2 is 2.19 bits per heavy atom. The number of imidazole rings is 1. The maximum Gasteiger partial charge on any atom is 0.260 e. The second kappa shape index (κ2) is 7.20. The van der Waals surface area contributed by atoms with Gasteiger partial charge in [0.15, 0.2) is 16.5 Å². The van der Waals surface area contributed by atoms with E-state index in [2.05, 4.69) is 15.3 Å². The van der Waals surface area contributed by atoms with Crippen molar-refractivity contribution in [1.29, 1.82) is 0 Å². The molecule has 0 radical (unpaired) electrons. The van der Waals surface area contributed by atoms with Crippen LogP contribution in [0, 0.1) is 5.92 Å². The maximum atomic E-state index is 12.6. The molecule has 4 rings (SSSR count). The predicted octanol–water partition coefficient (Wildman–Crippen LogP) is 0.855. The third-order valence-corrected chi connectivity index (χ3v) is 6.54. The molecule has 27 heavy (non-hydrogen) atoms. The van der Waals surface area contributed by atoms with Crippen LogP contribution in [0.3, 0.4) is 0 Å². The molecule has 2 aliphatic heterocycles. The Bertz CT molecular complexity index is 929. The third-order valence-electron chi connectivity index (χ3n) is 4.75. The summed E-state index contributed by atoms with van der Waals surface area (Å²) in [6.45, 7) is 1.11. The number of amides is 1. The first-order valence-electron chi connectivity index (χ1n) is 8.69. The second-order valence-corrected chi connectivity index (χ2v) is 8.43. The third kappa shape index (κ3) is 3.62. The summed E-state index contributed by atoms with van der Waals surface area (Å²) in [6, 6.07) is 5.51. The van der Waals surface area contributed by atoms with Gasteiger partial charge in [-0.1, -0.05) is 6.07 Å². The lowest BCUT2D eigenvalue weighted by Crippen LogP contribution is -2.45. The fraction of sp³-hybridized carbons (Fsp3) is 0.412. The van der Waals surface area contributed by atoms with Crippen molar-refractivity contribution in [2.24, 2.45) is 5.92 Å². The first-order valence-corrected chi connectivity index (χ1v) is 10.1. The van der Waals surface area contributed by atoms with E-state index in [0.717, 1.165) is 5.56 Å². The standard InChI is InChI=1S/C17H20N4O5S/c22-17(19-7-12-3-4-14-15(6-12)26-11-25-14)13-2-1-5-21(9-13)27(23,24)16-8-18-10-20-16/h3-4,6,8,10,13H,1-2,5,7,9,11H2,(H,18,20)(H,19,22). The zero-order valence-corrected chi connectivity index (χ0v) is 15.4. The summed E-state index contributed by atoms with van der Waals surface area (Å²) >= 11 is 0. The molecule has 1 aromatic carbocycles. The van der Waals surface area contributed by atoms with Crippen LogP contribution in [0.2, 0.25) is 0 Å². The molecule has 144 valence electrons. The summed E-state index contributed by atoms with van der Waals surface area (Å²) in [7, 11) is -3.65. The Labute approximate surface area is 156 Å². The largest absolute Gasteiger partial charge is 0.454 e. The Kier molecular flexibility index (Phi) is 4.75. The lowest BCUT2D eigenvalue weighted by molar-refractivity contribution is -0.126. The summed E-state index contributed by atoms with van der Waals surface area (Å²) in [5.41, 5.74) is 0.894. The second-order valence-electron chi connectivity index (χ2n) is 6.52. The van der Waals surface area contributed by atoms with E-state index < -0.39 is 10.0 Å². The minimum Gasteiger partial charge on any atom is -0.454 e. The number of carbonyl (C=O) groups excluding carboxylic acids is 1. The molecule has 1 atom stereocenters. The van der Waals surface area contributed by atoms with Gasteiger partial charge in [-0.05, 0) is 30.5 Å². The number of piperidine rings is 1. The molecule has 1 unspecified atom stereocenters. The Morgan fingerprint density at radius 1 is 1.33 bits per heavy atom. The van der Waals surface area contributed by atoms with Crippen molar-refractivity contribution < 1.29 is 22.7 Å². The van der Waals surface area contributed by atoms with Gasteiger partial charge in [0.1, 0.15) is 0 Å². The summed E-state index contributed by atoms with van der Waals surface area (Å²) in [5, 5.41) is 2.93. The first kappa shape index (κ1) is 17.8. The monoisotopic (exact) mass is 392 g/mol. The van der Waals surface area contributed by atoms with Gasteiger partial charge in [-0.25, -0.2) is 13.4 Å². The van der Waals surface area contributed by atoms with Gasteiger partial charge in [-0.2, -0.15) is 4.31 Å². The van der Waals surface area contributed by atoms with Crippen LogP contribution in [-0.2, 0) is 21.4 Å². The number of nitrogens with one attached hydrogen (secondary N) is 2. The highest BCUT2D eigenvalue weighted by Gasteiger charge is 2.33. The minimum atomic E-state index is -3.65. The quantitative estimate of drug-likeness (QED) is 0.780. The summed E-state index contributed by atoms with van der Waals surface area (Å²) < 4.78 is 37.1. The number of aromatic nitrogens is 2. The van der Waals surface area contributed by atoms with Crippen LogP contribution >= 0.6 is 0 Å². The van der Waals surface area contributed by atoms with Crippen LogP contribution in [0.5, 0.6) is 11.5 Å². The van der Waals surface area contributed by atoms with Crippen LogP contribution in [0.25, 0.3) is 0 Å². The van der Waals surface area contributed by atoms with Gasteiger partial charge in [0.25, 0.3) is 10.0 Å². The molecule has 0 saturated carbocycles. The van der Waals surface area contributed by atoms with E-state index in [1.54, 1.807) is 0 Å². The fourth-order valence-electron chi connectivity index (χ4n) is 3.28. The smallest absolute Gasteiger partial charge is 0.260 e. The Hall–Kier alpha value is -2.59. The number of hydrogen-bond acceptors (Lipinski definition) is 6. The average molecular weight is 392 g/mol. The summed E-state index contributed by atoms with van der Waals surface area (Å²) in [6.07, 6.45) is 3.89. The van der Waals surface area contributed by atoms with Crippen molar-refractivity contribution in [1.82, 2.24) is 19.6 Å². The number of hydrogen-bond donors (Lipinski definition) is 2. The van der Waals surface area contributed by atoms with Crippen molar-refractivity contribution >= 4 is 15.9 Å². The van der Waals surface area contributed by atoms with Gasteiger partial charge in [0, 0.05) is 19.6 Å². The van der Waals surface area contributed by atoms with E-state index in [0.29, 0.717) is 37.4 Å². The normalized spacial score (nSPS) is 19.8. The number of sulfonamides is 1. The average Bonchev–Trinajstić information content (AvgIpc) is 3.37. The molecule has 0 bridgehead atoms. The zero-order chi connectivity index (χ0) is 18.9. The van der Waals surface area contributed by atoms with Crippen LogP contribution in [0.4, 0.5) is 0 Å². The molecule has 1 fully saturated rings. The van der Waals surface area contributed by atoms with E-state index >= 15 is 0 Å². The van der Waals surface area contributed by atoms with Gasteiger partial charge in [0.2, 0.25) is 12.7 Å². The molecule has 2 aromatic rings. The molecule has 1 amide bonds. The molecule has 2 N–H and O–H groups in total. The van der Waals surface area contributed by atoms with E-state index in [1.165, 1.54) is 16.8 Å². The molecule has 3 heterocycles. The van der Waals surface area contributed by atoms with Gasteiger partial charge < -0.3 is 19.8 Å². The zero-order valence-electron chi connectivity index (χ0n) is 14.6. The maximum absolute atomic E-state index is 12.6. The van der Waals surface area contributed by atoms with Crippen LogP contribution in [0.15, 0.2) is 35.7 Å². The van der Waals surface area contributed by atoms with E-state index in [1.807, 2.05) is 18.2 Å². The van der Waals surface area contributed by atoms with Crippen molar-refractivity contribution in [2.75, 3.05) is 19.9 Å². The van der Waals surface area contributed by atoms with Crippen LogP contribution < -0.4 is 14.8 Å². The molecule has 10 heteroatoms. The molecule has 2 aliphatic rings. The first-order chi connectivity index (χ1) is 13.0. The number of H-pyrrole nitrogens is 1. The molecule has 0 spiro atoms. The number of aromatic amines is 1. The number of rotatable bonds is 5. The predicted molar refractivity (Wildman–Crippen MR) is 94.5 cm³/mol.